The van der Waals surface area contributed by atoms with Crippen molar-refractivity contribution in [3.05, 3.63) is 17.5 Å². The number of amides is 1. The van der Waals surface area contributed by atoms with Crippen molar-refractivity contribution in [3.63, 3.8) is 0 Å². The first kappa shape index (κ1) is 10.7. The molecule has 0 aliphatic carbocycles. The second-order valence-corrected chi connectivity index (χ2v) is 3.42. The molecule has 0 saturated carbocycles. The molecule has 1 aromatic heterocycles. The molecule has 0 fully saturated rings. The molecule has 0 aromatic carbocycles. The van der Waals surface area contributed by atoms with Gasteiger partial charge in [-0.05, 0) is 13.8 Å². The van der Waals surface area contributed by atoms with E-state index in [-0.39, 0.29) is 5.91 Å². The summed E-state index contributed by atoms with van der Waals surface area (Å²) in [5.41, 5.74) is 7.35. The molecular weight excluding hydrogens is 180 g/mol. The Morgan fingerprint density at radius 1 is 1.79 bits per heavy atom. The largest absolute Gasteiger partial charge is 0.351 e. The summed E-state index contributed by atoms with van der Waals surface area (Å²) in [4.78, 5) is 11.2. The minimum atomic E-state index is -0.466. The summed E-state index contributed by atoms with van der Waals surface area (Å²) >= 11 is 0. The van der Waals surface area contributed by atoms with Gasteiger partial charge in [0.15, 0.2) is 0 Å². The minimum absolute atomic E-state index is 0.145. The lowest BCUT2D eigenvalue weighted by Crippen LogP contribution is -2.37. The van der Waals surface area contributed by atoms with Gasteiger partial charge in [-0.1, -0.05) is 0 Å². The van der Waals surface area contributed by atoms with E-state index in [1.165, 1.54) is 0 Å². The van der Waals surface area contributed by atoms with Gasteiger partial charge in [0, 0.05) is 25.4 Å². The maximum atomic E-state index is 11.2. The van der Waals surface area contributed by atoms with Gasteiger partial charge in [-0.25, -0.2) is 0 Å². The van der Waals surface area contributed by atoms with Gasteiger partial charge in [0.25, 0.3) is 0 Å². The molecule has 1 heterocycles. The smallest absolute Gasteiger partial charge is 0.236 e. The monoisotopic (exact) mass is 196 g/mol. The second-order valence-electron chi connectivity index (χ2n) is 3.42. The van der Waals surface area contributed by atoms with Crippen LogP contribution in [0.4, 0.5) is 0 Å². The van der Waals surface area contributed by atoms with Gasteiger partial charge >= 0.3 is 0 Å². The normalized spacial score (nSPS) is 12.6. The van der Waals surface area contributed by atoms with E-state index in [9.17, 15) is 4.79 Å². The maximum Gasteiger partial charge on any atom is 0.236 e. The van der Waals surface area contributed by atoms with Crippen molar-refractivity contribution in [3.8, 4) is 0 Å². The highest BCUT2D eigenvalue weighted by molar-refractivity contribution is 5.80. The highest BCUT2D eigenvalue weighted by Gasteiger charge is 2.08. The number of hydrogen-bond acceptors (Lipinski definition) is 3. The molecule has 1 amide bonds. The molecule has 0 bridgehead atoms. The molecule has 0 spiro atoms. The number of nitrogens with two attached hydrogens (primary N) is 1. The molecule has 0 saturated heterocycles. The Morgan fingerprint density at radius 2 is 2.43 bits per heavy atom. The van der Waals surface area contributed by atoms with E-state index < -0.39 is 6.04 Å². The molecule has 0 unspecified atom stereocenters. The van der Waals surface area contributed by atoms with Crippen molar-refractivity contribution in [2.45, 2.75) is 26.4 Å². The molecule has 1 rings (SSSR count). The van der Waals surface area contributed by atoms with Gasteiger partial charge in [0.05, 0.1) is 11.7 Å². The predicted molar refractivity (Wildman–Crippen MR) is 53.4 cm³/mol. The standard InChI is InChI=1S/C9H16N4O/c1-6(10)9(14)11-4-8-5-13(3)12-7(8)2/h5-6H,4,10H2,1-3H3,(H,11,14)/t6-/m1/s1. The fourth-order valence-electron chi connectivity index (χ4n) is 1.17. The lowest BCUT2D eigenvalue weighted by molar-refractivity contribution is -0.122. The first-order valence-corrected chi connectivity index (χ1v) is 4.53. The van der Waals surface area contributed by atoms with E-state index in [1.807, 2.05) is 20.2 Å². The number of aromatic nitrogens is 2. The zero-order valence-corrected chi connectivity index (χ0v) is 8.74. The average Bonchev–Trinajstić information content (AvgIpc) is 2.40. The zero-order chi connectivity index (χ0) is 10.7. The Balaban J connectivity index is 2.54. The Bertz CT molecular complexity index is 330. The molecular formula is C9H16N4O. The van der Waals surface area contributed by atoms with Crippen LogP contribution in [0.5, 0.6) is 0 Å². The summed E-state index contributed by atoms with van der Waals surface area (Å²) in [6.07, 6.45) is 1.89. The van der Waals surface area contributed by atoms with Crippen LogP contribution in [-0.4, -0.2) is 21.7 Å². The van der Waals surface area contributed by atoms with Gasteiger partial charge in [-0.15, -0.1) is 0 Å². The van der Waals surface area contributed by atoms with E-state index in [1.54, 1.807) is 11.6 Å². The summed E-state index contributed by atoms with van der Waals surface area (Å²) in [5, 5.41) is 6.90. The van der Waals surface area contributed by atoms with Gasteiger partial charge in [0.2, 0.25) is 5.91 Å². The van der Waals surface area contributed by atoms with Crippen molar-refractivity contribution in [2.75, 3.05) is 0 Å². The number of hydrogen-bond donors (Lipinski definition) is 2. The summed E-state index contributed by atoms with van der Waals surface area (Å²) < 4.78 is 1.72. The summed E-state index contributed by atoms with van der Waals surface area (Å²) in [7, 11) is 1.85. The summed E-state index contributed by atoms with van der Waals surface area (Å²) in [5.74, 6) is -0.145. The van der Waals surface area contributed by atoms with E-state index in [0.717, 1.165) is 11.3 Å². The third-order valence-corrected chi connectivity index (χ3v) is 1.98. The number of nitrogens with zero attached hydrogens (tertiary/aromatic N) is 2. The highest BCUT2D eigenvalue weighted by atomic mass is 16.2. The lowest BCUT2D eigenvalue weighted by atomic mass is 10.2. The predicted octanol–water partition coefficient (Wildman–Crippen LogP) is -0.308. The lowest BCUT2D eigenvalue weighted by Gasteiger charge is -2.06. The number of carbonyl (C=O) groups is 1. The number of carbonyl (C=O) groups excluding carboxylic acids is 1. The molecule has 5 nitrogen and oxygen atoms in total. The van der Waals surface area contributed by atoms with Crippen LogP contribution in [0, 0.1) is 6.92 Å². The third-order valence-electron chi connectivity index (χ3n) is 1.98. The topological polar surface area (TPSA) is 72.9 Å². The Morgan fingerprint density at radius 3 is 2.86 bits per heavy atom. The molecule has 0 aliphatic heterocycles. The quantitative estimate of drug-likeness (QED) is 0.696. The van der Waals surface area contributed by atoms with Crippen LogP contribution < -0.4 is 11.1 Å². The molecule has 3 N–H and O–H groups in total. The number of aryl methyl sites for hydroxylation is 2. The van der Waals surface area contributed by atoms with Crippen LogP contribution in [0.1, 0.15) is 18.2 Å². The van der Waals surface area contributed by atoms with Gasteiger partial charge < -0.3 is 11.1 Å². The van der Waals surface area contributed by atoms with Crippen LogP contribution in [0.15, 0.2) is 6.20 Å². The summed E-state index contributed by atoms with van der Waals surface area (Å²) in [6.45, 7) is 4.05. The third kappa shape index (κ3) is 2.56. The van der Waals surface area contributed by atoms with Crippen LogP contribution in [0.25, 0.3) is 0 Å². The number of rotatable bonds is 3. The highest BCUT2D eigenvalue weighted by Crippen LogP contribution is 2.03. The van der Waals surface area contributed by atoms with Crippen LogP contribution >= 0.6 is 0 Å². The Kier molecular flexibility index (Phi) is 3.24. The van der Waals surface area contributed by atoms with Gasteiger partial charge in [0.1, 0.15) is 0 Å². The van der Waals surface area contributed by atoms with Crippen molar-refractivity contribution in [1.82, 2.24) is 15.1 Å². The van der Waals surface area contributed by atoms with E-state index in [4.69, 9.17) is 5.73 Å². The van der Waals surface area contributed by atoms with Crippen LogP contribution in [0.2, 0.25) is 0 Å². The second kappa shape index (κ2) is 4.23. The van der Waals surface area contributed by atoms with Crippen LogP contribution in [0.3, 0.4) is 0 Å². The first-order valence-electron chi connectivity index (χ1n) is 4.53. The Hall–Kier alpha value is -1.36. The maximum absolute atomic E-state index is 11.2. The Labute approximate surface area is 83.3 Å². The molecule has 0 aliphatic rings. The first-order chi connectivity index (χ1) is 6.50. The molecule has 14 heavy (non-hydrogen) atoms. The molecule has 1 atom stereocenters. The van der Waals surface area contributed by atoms with Gasteiger partial charge in [-0.3, -0.25) is 9.48 Å². The van der Waals surface area contributed by atoms with E-state index in [0.29, 0.717) is 6.54 Å². The average molecular weight is 196 g/mol. The fourth-order valence-corrected chi connectivity index (χ4v) is 1.17. The molecule has 5 heteroatoms. The molecule has 78 valence electrons. The SMILES string of the molecule is Cc1nn(C)cc1CNC(=O)[C@@H](C)N. The van der Waals surface area contributed by atoms with Crippen LogP contribution in [-0.2, 0) is 18.4 Å². The van der Waals surface area contributed by atoms with E-state index >= 15 is 0 Å². The van der Waals surface area contributed by atoms with Gasteiger partial charge in [-0.2, -0.15) is 5.10 Å². The zero-order valence-electron chi connectivity index (χ0n) is 8.74. The molecule has 0 radical (unpaired) electrons. The molecule has 1 aromatic rings. The van der Waals surface area contributed by atoms with Crippen molar-refractivity contribution in [1.29, 1.82) is 0 Å². The number of nitrogens with one attached hydrogen (secondary N) is 1. The van der Waals surface area contributed by atoms with Crippen molar-refractivity contribution >= 4 is 5.91 Å². The summed E-state index contributed by atoms with van der Waals surface area (Å²) in [6, 6.07) is -0.466. The van der Waals surface area contributed by atoms with Crippen molar-refractivity contribution < 1.29 is 4.79 Å². The van der Waals surface area contributed by atoms with E-state index in [2.05, 4.69) is 10.4 Å². The minimum Gasteiger partial charge on any atom is -0.351 e. The van der Waals surface area contributed by atoms with Crippen molar-refractivity contribution in [2.24, 2.45) is 12.8 Å². The fraction of sp³-hybridized carbons (Fsp3) is 0.556.